The maximum atomic E-state index is 13.3. The van der Waals surface area contributed by atoms with Gasteiger partial charge in [-0.25, -0.2) is 4.39 Å². The number of hydrogen-bond donors (Lipinski definition) is 3. The molecule has 0 aromatic heterocycles. The van der Waals surface area contributed by atoms with Crippen LogP contribution in [-0.4, -0.2) is 52.5 Å². The van der Waals surface area contributed by atoms with E-state index in [1.54, 1.807) is 13.8 Å². The lowest BCUT2D eigenvalue weighted by Crippen LogP contribution is -2.58. The van der Waals surface area contributed by atoms with Crippen LogP contribution >= 0.6 is 0 Å². The molecule has 0 saturated carbocycles. The molecule has 0 bridgehead atoms. The van der Waals surface area contributed by atoms with Crippen molar-refractivity contribution in [1.29, 1.82) is 0 Å². The molecule has 3 unspecified atom stereocenters. The lowest BCUT2D eigenvalue weighted by Gasteiger charge is -2.40. The fourth-order valence-corrected chi connectivity index (χ4v) is 1.65. The lowest BCUT2D eigenvalue weighted by atomic mass is 9.90. The maximum Gasteiger partial charge on any atom is 0.157 e. The molecule has 0 aromatic rings. The zero-order valence-corrected chi connectivity index (χ0v) is 8.30. The van der Waals surface area contributed by atoms with Crippen LogP contribution in [0.15, 0.2) is 0 Å². The minimum Gasteiger partial charge on any atom is -0.394 e. The largest absolute Gasteiger partial charge is 0.394 e. The summed E-state index contributed by atoms with van der Waals surface area (Å²) in [6.45, 7) is 3.12. The highest BCUT2D eigenvalue weighted by Gasteiger charge is 2.45. The van der Waals surface area contributed by atoms with E-state index in [0.29, 0.717) is 0 Å². The SMILES string of the molecule is CC(C)[C@@H]1OC(CO)[C@@H](O)C(F)C1O. The number of ether oxygens (including phenoxy) is 1. The van der Waals surface area contributed by atoms with Gasteiger partial charge in [-0.1, -0.05) is 13.8 Å². The van der Waals surface area contributed by atoms with Gasteiger partial charge in [-0.2, -0.15) is 0 Å². The Morgan fingerprint density at radius 1 is 1.29 bits per heavy atom. The molecular weight excluding hydrogens is 191 g/mol. The fourth-order valence-electron chi connectivity index (χ4n) is 1.65. The van der Waals surface area contributed by atoms with Crippen LogP contribution < -0.4 is 0 Å². The number of aliphatic hydroxyl groups excluding tert-OH is 3. The molecule has 0 spiro atoms. The van der Waals surface area contributed by atoms with Gasteiger partial charge >= 0.3 is 0 Å². The number of halogens is 1. The average Bonchev–Trinajstić information content (AvgIpc) is 2.14. The van der Waals surface area contributed by atoms with Crippen LogP contribution in [-0.2, 0) is 4.74 Å². The van der Waals surface area contributed by atoms with Crippen molar-refractivity contribution in [2.24, 2.45) is 5.92 Å². The van der Waals surface area contributed by atoms with Crippen molar-refractivity contribution in [2.75, 3.05) is 6.61 Å². The Morgan fingerprint density at radius 3 is 2.29 bits per heavy atom. The standard InChI is InChI=1S/C9H17FO4/c1-4(2)9-8(13)6(10)7(12)5(3-11)14-9/h4-9,11-13H,3H2,1-2H3/t5?,6?,7-,8?,9+/m1/s1. The highest BCUT2D eigenvalue weighted by Crippen LogP contribution is 2.27. The van der Waals surface area contributed by atoms with Crippen molar-refractivity contribution in [3.05, 3.63) is 0 Å². The summed E-state index contributed by atoms with van der Waals surface area (Å²) in [5, 5.41) is 27.6. The average molecular weight is 208 g/mol. The fraction of sp³-hybridized carbons (Fsp3) is 1.00. The molecule has 0 amide bonds. The van der Waals surface area contributed by atoms with Gasteiger partial charge in [0, 0.05) is 0 Å². The Morgan fingerprint density at radius 2 is 1.86 bits per heavy atom. The van der Waals surface area contributed by atoms with Crippen molar-refractivity contribution < 1.29 is 24.4 Å². The minimum atomic E-state index is -1.76. The topological polar surface area (TPSA) is 69.9 Å². The van der Waals surface area contributed by atoms with Gasteiger partial charge in [0.05, 0.1) is 12.7 Å². The van der Waals surface area contributed by atoms with Crippen molar-refractivity contribution in [2.45, 2.75) is 44.4 Å². The molecule has 1 aliphatic heterocycles. The minimum absolute atomic E-state index is 0.0650. The lowest BCUT2D eigenvalue weighted by molar-refractivity contribution is -0.222. The Balaban J connectivity index is 2.73. The predicted molar refractivity (Wildman–Crippen MR) is 47.5 cm³/mol. The quantitative estimate of drug-likeness (QED) is 0.570. The molecule has 3 N–H and O–H groups in total. The molecule has 0 aromatic carbocycles. The Kier molecular flexibility index (Phi) is 3.83. The predicted octanol–water partition coefficient (Wildman–Crippen LogP) is -0.538. The molecular formula is C9H17FO4. The zero-order chi connectivity index (χ0) is 10.9. The first-order valence-electron chi connectivity index (χ1n) is 4.75. The van der Waals surface area contributed by atoms with Crippen LogP contribution in [0.3, 0.4) is 0 Å². The second kappa shape index (κ2) is 4.53. The van der Waals surface area contributed by atoms with E-state index < -0.39 is 37.2 Å². The van der Waals surface area contributed by atoms with Crippen LogP contribution in [0.5, 0.6) is 0 Å². The van der Waals surface area contributed by atoms with Gasteiger partial charge in [-0.15, -0.1) is 0 Å². The second-order valence-corrected chi connectivity index (χ2v) is 3.99. The summed E-state index contributed by atoms with van der Waals surface area (Å²) in [5.74, 6) is -0.0650. The van der Waals surface area contributed by atoms with Crippen molar-refractivity contribution in [3.8, 4) is 0 Å². The summed E-state index contributed by atoms with van der Waals surface area (Å²) in [6, 6.07) is 0. The van der Waals surface area contributed by atoms with Gasteiger partial charge in [0.1, 0.15) is 18.3 Å². The van der Waals surface area contributed by atoms with Gasteiger partial charge < -0.3 is 20.1 Å². The molecule has 1 heterocycles. The van der Waals surface area contributed by atoms with Gasteiger partial charge in [0.15, 0.2) is 6.17 Å². The molecule has 0 aliphatic carbocycles. The summed E-state index contributed by atoms with van der Waals surface area (Å²) in [5.41, 5.74) is 0. The highest BCUT2D eigenvalue weighted by atomic mass is 19.1. The Labute approximate surface area is 82.3 Å². The number of hydrogen-bond acceptors (Lipinski definition) is 4. The van der Waals surface area contributed by atoms with Crippen LogP contribution in [0.2, 0.25) is 0 Å². The normalized spacial score (nSPS) is 44.4. The third kappa shape index (κ3) is 2.06. The van der Waals surface area contributed by atoms with E-state index in [-0.39, 0.29) is 5.92 Å². The summed E-state index contributed by atoms with van der Waals surface area (Å²) in [4.78, 5) is 0. The van der Waals surface area contributed by atoms with Gasteiger partial charge in [-0.05, 0) is 5.92 Å². The molecule has 1 aliphatic rings. The number of aliphatic hydroxyl groups is 3. The molecule has 84 valence electrons. The molecule has 1 rings (SSSR count). The summed E-state index contributed by atoms with van der Waals surface area (Å²) in [7, 11) is 0. The first kappa shape index (κ1) is 11.8. The first-order valence-corrected chi connectivity index (χ1v) is 4.75. The van der Waals surface area contributed by atoms with Crippen LogP contribution in [0.4, 0.5) is 4.39 Å². The molecule has 4 nitrogen and oxygen atoms in total. The molecule has 0 radical (unpaired) electrons. The molecule has 14 heavy (non-hydrogen) atoms. The van der Waals surface area contributed by atoms with Gasteiger partial charge in [-0.3, -0.25) is 0 Å². The van der Waals surface area contributed by atoms with E-state index in [1.165, 1.54) is 0 Å². The summed E-state index contributed by atoms with van der Waals surface area (Å²) >= 11 is 0. The zero-order valence-electron chi connectivity index (χ0n) is 8.30. The van der Waals surface area contributed by atoms with Crippen LogP contribution in [0.1, 0.15) is 13.8 Å². The molecule has 5 atom stereocenters. The first-order chi connectivity index (χ1) is 6.49. The van der Waals surface area contributed by atoms with E-state index in [2.05, 4.69) is 0 Å². The highest BCUT2D eigenvalue weighted by molar-refractivity contribution is 4.93. The molecule has 1 saturated heterocycles. The van der Waals surface area contributed by atoms with E-state index in [4.69, 9.17) is 9.84 Å². The number of rotatable bonds is 2. The third-order valence-electron chi connectivity index (χ3n) is 2.54. The van der Waals surface area contributed by atoms with Crippen molar-refractivity contribution in [1.82, 2.24) is 0 Å². The van der Waals surface area contributed by atoms with Gasteiger partial charge in [0.25, 0.3) is 0 Å². The maximum absolute atomic E-state index is 13.3. The summed E-state index contributed by atoms with van der Waals surface area (Å²) in [6.07, 6.45) is -6.16. The summed E-state index contributed by atoms with van der Waals surface area (Å²) < 4.78 is 18.5. The van der Waals surface area contributed by atoms with Crippen LogP contribution in [0, 0.1) is 5.92 Å². The smallest absolute Gasteiger partial charge is 0.157 e. The van der Waals surface area contributed by atoms with E-state index >= 15 is 0 Å². The Bertz CT molecular complexity index is 186. The van der Waals surface area contributed by atoms with E-state index in [9.17, 15) is 14.6 Å². The van der Waals surface area contributed by atoms with E-state index in [0.717, 1.165) is 0 Å². The number of alkyl halides is 1. The van der Waals surface area contributed by atoms with Gasteiger partial charge in [0.2, 0.25) is 0 Å². The molecule has 5 heteroatoms. The monoisotopic (exact) mass is 208 g/mol. The molecule has 1 fully saturated rings. The third-order valence-corrected chi connectivity index (χ3v) is 2.54. The van der Waals surface area contributed by atoms with E-state index in [1.807, 2.05) is 0 Å². The van der Waals surface area contributed by atoms with Crippen LogP contribution in [0.25, 0.3) is 0 Å². The van der Waals surface area contributed by atoms with Crippen molar-refractivity contribution in [3.63, 3.8) is 0 Å². The Hall–Kier alpha value is -0.230. The second-order valence-electron chi connectivity index (χ2n) is 3.99. The van der Waals surface area contributed by atoms with Crippen molar-refractivity contribution >= 4 is 0 Å².